The molecular weight excluding hydrogens is 405 g/mol. The zero-order valence-electron chi connectivity index (χ0n) is 17.2. The normalized spacial score (nSPS) is 24.8. The van der Waals surface area contributed by atoms with Gasteiger partial charge in [0.15, 0.2) is 0 Å². The third-order valence-electron chi connectivity index (χ3n) is 6.21. The molecule has 0 bridgehead atoms. The summed E-state index contributed by atoms with van der Waals surface area (Å²) in [7, 11) is 0. The van der Waals surface area contributed by atoms with Crippen molar-refractivity contribution in [3.05, 3.63) is 71.3 Å². The van der Waals surface area contributed by atoms with Crippen LogP contribution in [0.4, 0.5) is 4.39 Å². The van der Waals surface area contributed by atoms with Crippen LogP contribution in [0.2, 0.25) is 0 Å². The van der Waals surface area contributed by atoms with E-state index < -0.39 is 23.9 Å². The lowest BCUT2D eigenvalue weighted by molar-refractivity contribution is -0.156. The number of aliphatic hydroxyl groups is 1. The second kappa shape index (κ2) is 8.29. The maximum Gasteiger partial charge on any atom is 0.231 e. The van der Waals surface area contributed by atoms with E-state index in [1.165, 1.54) is 0 Å². The predicted octanol–water partition coefficient (Wildman–Crippen LogP) is 4.04. The fourth-order valence-electron chi connectivity index (χ4n) is 4.85. The van der Waals surface area contributed by atoms with E-state index in [4.69, 9.17) is 16.3 Å². The van der Waals surface area contributed by atoms with Gasteiger partial charge in [-0.1, -0.05) is 54.6 Å². The Bertz CT molecular complexity index is 906. The van der Waals surface area contributed by atoms with E-state index in [1.807, 2.05) is 68.4 Å². The average Bonchev–Trinajstić information content (AvgIpc) is 3.21. The molecule has 4 nitrogen and oxygen atoms in total. The van der Waals surface area contributed by atoms with Gasteiger partial charge in [-0.25, -0.2) is 4.39 Å². The van der Waals surface area contributed by atoms with Crippen LogP contribution >= 0.6 is 11.6 Å². The van der Waals surface area contributed by atoms with Gasteiger partial charge in [0.05, 0.1) is 30.0 Å². The Morgan fingerprint density at radius 2 is 1.90 bits per heavy atom. The Morgan fingerprint density at radius 3 is 2.60 bits per heavy atom. The molecule has 1 saturated heterocycles. The van der Waals surface area contributed by atoms with Gasteiger partial charge in [0, 0.05) is 6.42 Å². The van der Waals surface area contributed by atoms with Gasteiger partial charge in [0.2, 0.25) is 5.91 Å². The molecule has 1 aliphatic carbocycles. The lowest BCUT2D eigenvalue weighted by Gasteiger charge is -2.37. The van der Waals surface area contributed by atoms with E-state index in [0.717, 1.165) is 23.1 Å². The molecule has 1 amide bonds. The fourth-order valence-corrected chi connectivity index (χ4v) is 5.02. The molecule has 160 valence electrons. The van der Waals surface area contributed by atoms with Gasteiger partial charge in [-0.3, -0.25) is 4.79 Å². The monoisotopic (exact) mass is 431 g/mol. The van der Waals surface area contributed by atoms with E-state index in [2.05, 4.69) is 0 Å². The topological polar surface area (TPSA) is 49.8 Å². The van der Waals surface area contributed by atoms with Gasteiger partial charge in [0.1, 0.15) is 11.9 Å². The summed E-state index contributed by atoms with van der Waals surface area (Å²) in [5, 5.41) is 10.1. The molecule has 0 spiro atoms. The van der Waals surface area contributed by atoms with Gasteiger partial charge in [-0.05, 0) is 37.0 Å². The Morgan fingerprint density at radius 1 is 1.23 bits per heavy atom. The summed E-state index contributed by atoms with van der Waals surface area (Å²) in [4.78, 5) is 15.5. The number of aliphatic hydroxyl groups excluding tert-OH is 1. The average molecular weight is 432 g/mol. The zero-order chi connectivity index (χ0) is 21.5. The van der Waals surface area contributed by atoms with Gasteiger partial charge >= 0.3 is 0 Å². The van der Waals surface area contributed by atoms with Crippen molar-refractivity contribution in [2.75, 3.05) is 5.88 Å². The number of ether oxygens (including phenoxy) is 1. The lowest BCUT2D eigenvalue weighted by Crippen LogP contribution is -2.51. The molecule has 0 saturated carbocycles. The summed E-state index contributed by atoms with van der Waals surface area (Å²) >= 11 is 5.73. The van der Waals surface area contributed by atoms with Crippen molar-refractivity contribution in [1.29, 1.82) is 0 Å². The van der Waals surface area contributed by atoms with Crippen molar-refractivity contribution in [2.24, 2.45) is 5.92 Å². The SMILES string of the molecule is CC1(C)O[C@@H]2Cc3ccccc3[C@@H]2N1C(=O)[C@H](Cc1ccccc1)[C@@H](F)[C@H](O)CCl. The van der Waals surface area contributed by atoms with Crippen LogP contribution in [0.3, 0.4) is 0 Å². The van der Waals surface area contributed by atoms with Crippen LogP contribution in [0.1, 0.15) is 36.6 Å². The van der Waals surface area contributed by atoms with Gasteiger partial charge in [-0.2, -0.15) is 0 Å². The summed E-state index contributed by atoms with van der Waals surface area (Å²) in [5.41, 5.74) is 2.16. The summed E-state index contributed by atoms with van der Waals surface area (Å²) in [6.45, 7) is 3.69. The van der Waals surface area contributed by atoms with Crippen molar-refractivity contribution in [1.82, 2.24) is 4.90 Å². The maximum absolute atomic E-state index is 15.3. The molecule has 0 aromatic heterocycles. The van der Waals surface area contributed by atoms with E-state index in [0.29, 0.717) is 0 Å². The number of amides is 1. The minimum absolute atomic E-state index is 0.158. The highest BCUT2D eigenvalue weighted by atomic mass is 35.5. The van der Waals surface area contributed by atoms with Crippen molar-refractivity contribution in [2.45, 2.75) is 56.8 Å². The minimum atomic E-state index is -1.78. The Hall–Kier alpha value is -1.95. The van der Waals surface area contributed by atoms with E-state index in [1.54, 1.807) is 4.90 Å². The quantitative estimate of drug-likeness (QED) is 0.702. The zero-order valence-corrected chi connectivity index (χ0v) is 17.9. The molecule has 30 heavy (non-hydrogen) atoms. The summed E-state index contributed by atoms with van der Waals surface area (Å²) in [6.07, 6.45) is -2.44. The Labute approximate surface area is 181 Å². The number of benzene rings is 2. The van der Waals surface area contributed by atoms with Gasteiger partial charge in [0.25, 0.3) is 0 Å². The first-order valence-electron chi connectivity index (χ1n) is 10.3. The molecule has 2 aromatic carbocycles. The number of hydrogen-bond acceptors (Lipinski definition) is 3. The first-order valence-corrected chi connectivity index (χ1v) is 10.9. The van der Waals surface area contributed by atoms with Crippen LogP contribution in [0.15, 0.2) is 54.6 Å². The molecule has 1 heterocycles. The van der Waals surface area contributed by atoms with Crippen molar-refractivity contribution < 1.29 is 19.0 Å². The van der Waals surface area contributed by atoms with Crippen LogP contribution in [0.5, 0.6) is 0 Å². The number of hydrogen-bond donors (Lipinski definition) is 1. The number of carbonyl (C=O) groups is 1. The van der Waals surface area contributed by atoms with Crippen molar-refractivity contribution >= 4 is 17.5 Å². The molecule has 1 N–H and O–H groups in total. The standard InChI is InChI=1S/C24H27ClFNO3/c1-24(2)27(22-17-11-7-6-10-16(17)13-20(22)30-24)23(29)18(21(26)19(28)14-25)12-15-8-4-3-5-9-15/h3-11,18-22,28H,12-14H2,1-2H3/t18-,19-,20-,21-,22+/m1/s1. The van der Waals surface area contributed by atoms with Crippen LogP contribution < -0.4 is 0 Å². The molecule has 0 radical (unpaired) electrons. The minimum Gasteiger partial charge on any atom is -0.389 e. The predicted molar refractivity (Wildman–Crippen MR) is 114 cm³/mol. The molecule has 0 unspecified atom stereocenters. The Kier molecular flexibility index (Phi) is 5.88. The van der Waals surface area contributed by atoms with Crippen molar-refractivity contribution in [3.63, 3.8) is 0 Å². The number of halogens is 2. The van der Waals surface area contributed by atoms with Crippen LogP contribution in [0.25, 0.3) is 0 Å². The summed E-state index contributed by atoms with van der Waals surface area (Å²) in [5.74, 6) is -1.69. The molecule has 1 aliphatic heterocycles. The third-order valence-corrected chi connectivity index (χ3v) is 6.52. The lowest BCUT2D eigenvalue weighted by atomic mass is 9.89. The summed E-state index contributed by atoms with van der Waals surface area (Å²) in [6, 6.07) is 17.0. The molecular formula is C24H27ClFNO3. The Balaban J connectivity index is 1.70. The second-order valence-electron chi connectivity index (χ2n) is 8.62. The molecule has 2 aliphatic rings. The molecule has 5 atom stereocenters. The van der Waals surface area contributed by atoms with Crippen LogP contribution in [0, 0.1) is 5.92 Å². The van der Waals surface area contributed by atoms with Gasteiger partial charge in [-0.15, -0.1) is 11.6 Å². The molecule has 2 aromatic rings. The van der Waals surface area contributed by atoms with E-state index >= 15 is 4.39 Å². The molecule has 1 fully saturated rings. The number of nitrogens with zero attached hydrogens (tertiary/aromatic N) is 1. The summed E-state index contributed by atoms with van der Waals surface area (Å²) < 4.78 is 21.6. The number of carbonyl (C=O) groups excluding carboxylic acids is 1. The molecule has 6 heteroatoms. The van der Waals surface area contributed by atoms with Gasteiger partial charge < -0.3 is 14.7 Å². The molecule has 4 rings (SSSR count). The highest BCUT2D eigenvalue weighted by molar-refractivity contribution is 6.18. The largest absolute Gasteiger partial charge is 0.389 e. The van der Waals surface area contributed by atoms with Crippen LogP contribution in [-0.4, -0.2) is 45.9 Å². The van der Waals surface area contributed by atoms with Crippen molar-refractivity contribution in [3.8, 4) is 0 Å². The first kappa shape index (κ1) is 21.3. The second-order valence-corrected chi connectivity index (χ2v) is 8.93. The fraction of sp³-hybridized carbons (Fsp3) is 0.458. The van der Waals surface area contributed by atoms with E-state index in [9.17, 15) is 9.90 Å². The smallest absolute Gasteiger partial charge is 0.231 e. The van der Waals surface area contributed by atoms with E-state index in [-0.39, 0.29) is 30.4 Å². The number of fused-ring (bicyclic) bond motifs is 3. The highest BCUT2D eigenvalue weighted by Gasteiger charge is 2.55. The first-order chi connectivity index (χ1) is 14.3. The van der Waals surface area contributed by atoms with Crippen LogP contribution in [-0.2, 0) is 22.4 Å². The number of rotatable bonds is 6. The number of alkyl halides is 2. The highest BCUT2D eigenvalue weighted by Crippen LogP contribution is 2.49. The third kappa shape index (κ3) is 3.75. The maximum atomic E-state index is 15.3.